The number of nitrogens with two attached hydrogens (primary N) is 1. The van der Waals surface area contributed by atoms with Gasteiger partial charge in [0.15, 0.2) is 0 Å². The quantitative estimate of drug-likeness (QED) is 0.818. The predicted octanol–water partition coefficient (Wildman–Crippen LogP) is 4.10. The average molecular weight is 289 g/mol. The smallest absolute Gasteiger partial charge is 0.257 e. The van der Waals surface area contributed by atoms with Gasteiger partial charge in [0.2, 0.25) is 0 Å². The van der Waals surface area contributed by atoms with Crippen molar-refractivity contribution in [3.8, 4) is 0 Å². The van der Waals surface area contributed by atoms with Gasteiger partial charge in [0.25, 0.3) is 5.91 Å². The van der Waals surface area contributed by atoms with Gasteiger partial charge in [0, 0.05) is 16.4 Å². The van der Waals surface area contributed by atoms with E-state index in [1.54, 1.807) is 18.2 Å². The molecule has 104 valence electrons. The summed E-state index contributed by atoms with van der Waals surface area (Å²) in [4.78, 5) is 12.3. The van der Waals surface area contributed by atoms with Crippen LogP contribution in [0.4, 0.5) is 11.4 Å². The van der Waals surface area contributed by atoms with Gasteiger partial charge in [-0.3, -0.25) is 4.79 Å². The van der Waals surface area contributed by atoms with Crippen molar-refractivity contribution >= 4 is 28.9 Å². The molecule has 0 bridgehead atoms. The van der Waals surface area contributed by atoms with Crippen LogP contribution in [0.1, 0.15) is 27.0 Å². The number of hydrogen-bond acceptors (Lipinski definition) is 2. The first-order valence-corrected chi connectivity index (χ1v) is 6.70. The number of nitrogen functional groups attached to an aromatic ring is 1. The molecular formula is C16H17ClN2O. The van der Waals surface area contributed by atoms with Gasteiger partial charge in [0.05, 0.1) is 5.56 Å². The van der Waals surface area contributed by atoms with Crippen molar-refractivity contribution in [1.29, 1.82) is 0 Å². The molecule has 4 heteroatoms. The fraction of sp³-hybridized carbons (Fsp3) is 0.188. The van der Waals surface area contributed by atoms with E-state index in [-0.39, 0.29) is 5.91 Å². The highest BCUT2D eigenvalue weighted by Gasteiger charge is 2.13. The van der Waals surface area contributed by atoms with E-state index in [1.165, 1.54) is 5.56 Å². The molecule has 0 saturated carbocycles. The molecule has 0 unspecified atom stereocenters. The first-order chi connectivity index (χ1) is 9.38. The molecule has 3 N–H and O–H groups in total. The summed E-state index contributed by atoms with van der Waals surface area (Å²) in [5.74, 6) is -0.250. The third kappa shape index (κ3) is 2.94. The monoisotopic (exact) mass is 288 g/mol. The summed E-state index contributed by atoms with van der Waals surface area (Å²) < 4.78 is 0. The van der Waals surface area contributed by atoms with E-state index < -0.39 is 0 Å². The maximum absolute atomic E-state index is 12.3. The van der Waals surface area contributed by atoms with Crippen molar-refractivity contribution in [2.45, 2.75) is 20.8 Å². The Bertz CT molecular complexity index is 657. The molecule has 0 aliphatic carbocycles. The first kappa shape index (κ1) is 14.4. The van der Waals surface area contributed by atoms with Gasteiger partial charge < -0.3 is 11.1 Å². The molecule has 2 rings (SSSR count). The number of amides is 1. The summed E-state index contributed by atoms with van der Waals surface area (Å²) in [5.41, 5.74) is 10.7. The second-order valence-corrected chi connectivity index (χ2v) is 5.40. The number of nitrogens with one attached hydrogen (secondary N) is 1. The van der Waals surface area contributed by atoms with Crippen LogP contribution < -0.4 is 11.1 Å². The summed E-state index contributed by atoms with van der Waals surface area (Å²) in [7, 11) is 0. The second-order valence-electron chi connectivity index (χ2n) is 4.96. The van der Waals surface area contributed by atoms with Crippen LogP contribution in [0.25, 0.3) is 0 Å². The maximum Gasteiger partial charge on any atom is 0.257 e. The number of benzene rings is 2. The number of halogens is 1. The van der Waals surface area contributed by atoms with Crippen LogP contribution in [0.2, 0.25) is 5.02 Å². The van der Waals surface area contributed by atoms with E-state index in [1.807, 2.05) is 32.9 Å². The molecule has 0 saturated heterocycles. The molecule has 0 fully saturated rings. The van der Waals surface area contributed by atoms with E-state index in [2.05, 4.69) is 5.32 Å². The Morgan fingerprint density at radius 2 is 1.70 bits per heavy atom. The molecule has 0 aliphatic heterocycles. The Balaban J connectivity index is 2.35. The Hall–Kier alpha value is -2.00. The number of aryl methyl sites for hydroxylation is 3. The van der Waals surface area contributed by atoms with Crippen molar-refractivity contribution in [2.75, 3.05) is 11.1 Å². The normalized spacial score (nSPS) is 10.4. The largest absolute Gasteiger partial charge is 0.398 e. The number of carbonyl (C=O) groups is 1. The van der Waals surface area contributed by atoms with Gasteiger partial charge in [-0.25, -0.2) is 0 Å². The lowest BCUT2D eigenvalue weighted by molar-refractivity contribution is 0.102. The van der Waals surface area contributed by atoms with Crippen LogP contribution in [0.5, 0.6) is 0 Å². The van der Waals surface area contributed by atoms with E-state index in [0.717, 1.165) is 16.8 Å². The van der Waals surface area contributed by atoms with Gasteiger partial charge in [-0.2, -0.15) is 0 Å². The number of carbonyl (C=O) groups excluding carboxylic acids is 1. The zero-order chi connectivity index (χ0) is 14.9. The van der Waals surface area contributed by atoms with Crippen LogP contribution in [-0.2, 0) is 0 Å². The van der Waals surface area contributed by atoms with Crippen molar-refractivity contribution in [1.82, 2.24) is 0 Å². The molecule has 2 aromatic carbocycles. The van der Waals surface area contributed by atoms with E-state index >= 15 is 0 Å². The molecule has 0 atom stereocenters. The van der Waals surface area contributed by atoms with Crippen molar-refractivity contribution in [3.05, 3.63) is 57.6 Å². The highest BCUT2D eigenvalue weighted by atomic mass is 35.5. The average Bonchev–Trinajstić information content (AvgIpc) is 2.36. The maximum atomic E-state index is 12.3. The minimum absolute atomic E-state index is 0.250. The summed E-state index contributed by atoms with van der Waals surface area (Å²) in [6.45, 7) is 5.97. The van der Waals surface area contributed by atoms with Crippen molar-refractivity contribution in [2.24, 2.45) is 0 Å². The molecular weight excluding hydrogens is 272 g/mol. The Labute approximate surface area is 123 Å². The topological polar surface area (TPSA) is 55.1 Å². The molecule has 2 aromatic rings. The van der Waals surface area contributed by atoms with Gasteiger partial charge in [0.1, 0.15) is 0 Å². The Morgan fingerprint density at radius 3 is 2.30 bits per heavy atom. The van der Waals surface area contributed by atoms with Crippen LogP contribution in [-0.4, -0.2) is 5.91 Å². The Kier molecular flexibility index (Phi) is 4.00. The number of rotatable bonds is 2. The minimum Gasteiger partial charge on any atom is -0.398 e. The summed E-state index contributed by atoms with van der Waals surface area (Å²) in [5, 5.41) is 3.40. The second kappa shape index (κ2) is 5.55. The van der Waals surface area contributed by atoms with Crippen molar-refractivity contribution < 1.29 is 4.79 Å². The first-order valence-electron chi connectivity index (χ1n) is 6.32. The molecule has 1 amide bonds. The van der Waals surface area contributed by atoms with Crippen molar-refractivity contribution in [3.63, 3.8) is 0 Å². The lowest BCUT2D eigenvalue weighted by Gasteiger charge is -2.14. The van der Waals surface area contributed by atoms with Gasteiger partial charge in [-0.05, 0) is 50.1 Å². The lowest BCUT2D eigenvalue weighted by Crippen LogP contribution is -2.15. The molecule has 0 aliphatic rings. The van der Waals surface area contributed by atoms with E-state index in [0.29, 0.717) is 16.3 Å². The molecule has 3 nitrogen and oxygen atoms in total. The molecule has 0 radical (unpaired) electrons. The predicted molar refractivity (Wildman–Crippen MR) is 84.5 cm³/mol. The summed E-state index contributed by atoms with van der Waals surface area (Å²) >= 11 is 5.91. The summed E-state index contributed by atoms with van der Waals surface area (Å²) in [6.07, 6.45) is 0. The third-order valence-electron chi connectivity index (χ3n) is 3.18. The van der Waals surface area contributed by atoms with Crippen LogP contribution in [0.15, 0.2) is 30.3 Å². The van der Waals surface area contributed by atoms with E-state index in [9.17, 15) is 4.79 Å². The third-order valence-corrected chi connectivity index (χ3v) is 3.41. The van der Waals surface area contributed by atoms with Crippen LogP contribution in [0, 0.1) is 20.8 Å². The van der Waals surface area contributed by atoms with Gasteiger partial charge >= 0.3 is 0 Å². The Morgan fingerprint density at radius 1 is 1.10 bits per heavy atom. The fourth-order valence-electron chi connectivity index (χ4n) is 2.28. The zero-order valence-corrected chi connectivity index (χ0v) is 12.5. The van der Waals surface area contributed by atoms with Gasteiger partial charge in [-0.15, -0.1) is 0 Å². The van der Waals surface area contributed by atoms with Crippen LogP contribution >= 0.6 is 11.6 Å². The fourth-order valence-corrected chi connectivity index (χ4v) is 2.46. The molecule has 0 aromatic heterocycles. The van der Waals surface area contributed by atoms with Crippen LogP contribution in [0.3, 0.4) is 0 Å². The molecule has 20 heavy (non-hydrogen) atoms. The lowest BCUT2D eigenvalue weighted by atomic mass is 10.0. The van der Waals surface area contributed by atoms with Gasteiger partial charge in [-0.1, -0.05) is 29.3 Å². The zero-order valence-electron chi connectivity index (χ0n) is 11.8. The molecule has 0 spiro atoms. The van der Waals surface area contributed by atoms with E-state index in [4.69, 9.17) is 17.3 Å². The SMILES string of the molecule is Cc1cc(C)c(NC(=O)c2cc(Cl)ccc2N)c(C)c1. The standard InChI is InChI=1S/C16H17ClN2O/c1-9-6-10(2)15(11(3)7-9)19-16(20)13-8-12(17)4-5-14(13)18/h4-8H,18H2,1-3H3,(H,19,20). The highest BCUT2D eigenvalue weighted by Crippen LogP contribution is 2.24. The minimum atomic E-state index is -0.250. The number of anilines is 2. The highest BCUT2D eigenvalue weighted by molar-refractivity contribution is 6.31. The number of hydrogen-bond donors (Lipinski definition) is 2. The molecule has 0 heterocycles. The summed E-state index contributed by atoms with van der Waals surface area (Å²) in [6, 6.07) is 8.93.